The molecule has 1 aromatic heterocycles. The van der Waals surface area contributed by atoms with Crippen molar-refractivity contribution in [2.75, 3.05) is 61.0 Å². The fourth-order valence-corrected chi connectivity index (χ4v) is 9.31. The van der Waals surface area contributed by atoms with Crippen LogP contribution in [-0.2, 0) is 12.8 Å². The van der Waals surface area contributed by atoms with Gasteiger partial charge in [-0.2, -0.15) is 5.26 Å². The first-order valence-electron chi connectivity index (χ1n) is 17.2. The highest BCUT2D eigenvalue weighted by Crippen LogP contribution is 2.58. The third-order valence-corrected chi connectivity index (χ3v) is 11.3. The number of para-hydroxylation sites is 1. The summed E-state index contributed by atoms with van der Waals surface area (Å²) in [5.74, 6) is 1.42. The number of carbonyl (C=O) groups excluding carboxylic acids is 1. The van der Waals surface area contributed by atoms with Crippen LogP contribution in [0.15, 0.2) is 28.7 Å². The molecule has 52 heavy (non-hydrogen) atoms. The highest BCUT2D eigenvalue weighted by Gasteiger charge is 2.57. The highest BCUT2D eigenvalue weighted by atomic mass is 16.5. The Morgan fingerprint density at radius 2 is 1.48 bits per heavy atom. The van der Waals surface area contributed by atoms with E-state index < -0.39 is 30.1 Å². The molecular formula is C39H45N5O8. The molecule has 274 valence electrons. The number of hydrogen-bond donors (Lipinski definition) is 3. The lowest BCUT2D eigenvalue weighted by Crippen LogP contribution is -2.68. The monoisotopic (exact) mass is 711 g/mol. The Balaban J connectivity index is 1.42. The summed E-state index contributed by atoms with van der Waals surface area (Å²) in [7, 11) is 11.9. The summed E-state index contributed by atoms with van der Waals surface area (Å²) in [4.78, 5) is 20.2. The molecule has 7 rings (SSSR count). The zero-order valence-electron chi connectivity index (χ0n) is 31.0. The van der Waals surface area contributed by atoms with E-state index in [0.717, 1.165) is 16.5 Å². The standard InChI is InChI=1S/C39H45N5O8/c1-18-34(48-6)21-15-24-31-29-22(35(49-7)19(2)37(51-9)33(29)46)14-23(43(31)5)25(16-40)44(24)26(28(21)32(45)36(18)50-8)17-41-39(47)38-30(42(3)4)20-12-10-11-13-27(20)52-38/h10-13,23-26,31,45-46H,14-15,17H2,1-9H3,(H,41,47)/t23-,24-,25-,26-,31-/m0/s1. The van der Waals surface area contributed by atoms with E-state index in [1.54, 1.807) is 14.2 Å². The number of carbonyl (C=O) groups is 1. The van der Waals surface area contributed by atoms with Gasteiger partial charge in [0.2, 0.25) is 5.76 Å². The van der Waals surface area contributed by atoms with E-state index in [4.69, 9.17) is 23.4 Å². The molecule has 0 radical (unpaired) electrons. The number of hydrogen-bond acceptors (Lipinski definition) is 12. The van der Waals surface area contributed by atoms with E-state index >= 15 is 0 Å². The van der Waals surface area contributed by atoms with Crippen molar-refractivity contribution in [3.05, 3.63) is 63.4 Å². The first-order chi connectivity index (χ1) is 24.9. The number of ether oxygens (including phenoxy) is 4. The Bertz CT molecular complexity index is 2140. The second-order valence-electron chi connectivity index (χ2n) is 13.9. The molecule has 1 fully saturated rings. The number of piperazine rings is 1. The quantitative estimate of drug-likeness (QED) is 0.231. The zero-order chi connectivity index (χ0) is 37.3. The Labute approximate surface area is 302 Å². The summed E-state index contributed by atoms with van der Waals surface area (Å²) in [6.07, 6.45) is 0.766. The number of anilines is 1. The van der Waals surface area contributed by atoms with Gasteiger partial charge in [-0.15, -0.1) is 0 Å². The molecule has 2 bridgehead atoms. The number of phenols is 2. The average Bonchev–Trinajstić information content (AvgIpc) is 3.52. The van der Waals surface area contributed by atoms with Crippen LogP contribution in [0.2, 0.25) is 0 Å². The van der Waals surface area contributed by atoms with Crippen LogP contribution in [-0.4, -0.2) is 100 Å². The number of fused-ring (bicyclic) bond motifs is 8. The van der Waals surface area contributed by atoms with Crippen molar-refractivity contribution in [3.63, 3.8) is 0 Å². The lowest BCUT2D eigenvalue weighted by atomic mass is 9.71. The molecule has 1 amide bonds. The summed E-state index contributed by atoms with van der Waals surface area (Å²) < 4.78 is 29.5. The highest BCUT2D eigenvalue weighted by molar-refractivity contribution is 6.06. The normalized spacial score (nSPS) is 22.1. The number of nitrogens with zero attached hydrogens (tertiary/aromatic N) is 4. The molecule has 1 saturated heterocycles. The molecule has 4 aromatic rings. The van der Waals surface area contributed by atoms with Gasteiger partial charge in [0.15, 0.2) is 23.0 Å². The molecular weight excluding hydrogens is 666 g/mol. The third kappa shape index (κ3) is 4.84. The van der Waals surface area contributed by atoms with Gasteiger partial charge >= 0.3 is 0 Å². The molecule has 4 heterocycles. The minimum atomic E-state index is -0.713. The van der Waals surface area contributed by atoms with Gasteiger partial charge in [-0.1, -0.05) is 12.1 Å². The van der Waals surface area contributed by atoms with Gasteiger partial charge in [-0.05, 0) is 45.9 Å². The van der Waals surface area contributed by atoms with Crippen molar-refractivity contribution < 1.29 is 38.4 Å². The molecule has 0 unspecified atom stereocenters. The maximum atomic E-state index is 14.1. The Hall–Kier alpha value is -5.32. The van der Waals surface area contributed by atoms with Crippen LogP contribution in [0.1, 0.15) is 56.0 Å². The van der Waals surface area contributed by atoms with Crippen molar-refractivity contribution in [1.29, 1.82) is 5.26 Å². The number of phenolic OH excluding ortho intramolecular Hbond substituents is 2. The maximum absolute atomic E-state index is 14.1. The van der Waals surface area contributed by atoms with E-state index in [9.17, 15) is 20.3 Å². The Morgan fingerprint density at radius 3 is 2.06 bits per heavy atom. The summed E-state index contributed by atoms with van der Waals surface area (Å²) in [5, 5.41) is 38.8. The van der Waals surface area contributed by atoms with Crippen LogP contribution in [0.25, 0.3) is 11.0 Å². The molecule has 5 atom stereocenters. The van der Waals surface area contributed by atoms with Crippen LogP contribution in [0.3, 0.4) is 0 Å². The van der Waals surface area contributed by atoms with Crippen LogP contribution < -0.4 is 29.2 Å². The molecule has 0 spiro atoms. The van der Waals surface area contributed by atoms with Crippen LogP contribution in [0, 0.1) is 25.2 Å². The van der Waals surface area contributed by atoms with Crippen molar-refractivity contribution in [2.45, 2.75) is 56.9 Å². The molecule has 13 nitrogen and oxygen atoms in total. The van der Waals surface area contributed by atoms with Crippen LogP contribution in [0.5, 0.6) is 34.5 Å². The maximum Gasteiger partial charge on any atom is 0.289 e. The summed E-state index contributed by atoms with van der Waals surface area (Å²) in [5.41, 5.74) is 5.29. The molecule has 3 aromatic carbocycles. The Kier molecular flexibility index (Phi) is 8.79. The van der Waals surface area contributed by atoms with E-state index in [-0.39, 0.29) is 35.6 Å². The van der Waals surface area contributed by atoms with Gasteiger partial charge < -0.3 is 43.8 Å². The fraction of sp³-hybridized carbons (Fsp3) is 0.436. The average molecular weight is 712 g/mol. The number of methoxy groups -OCH3 is 4. The first-order valence-corrected chi connectivity index (χ1v) is 17.2. The number of benzene rings is 3. The van der Waals surface area contributed by atoms with Crippen LogP contribution >= 0.6 is 0 Å². The smallest absolute Gasteiger partial charge is 0.289 e. The lowest BCUT2D eigenvalue weighted by Gasteiger charge is -2.60. The second-order valence-corrected chi connectivity index (χ2v) is 13.9. The number of furan rings is 1. The van der Waals surface area contributed by atoms with Gasteiger partial charge in [0.1, 0.15) is 23.1 Å². The topological polar surface area (TPSA) is 153 Å². The molecule has 0 saturated carbocycles. The van der Waals surface area contributed by atoms with Crippen molar-refractivity contribution in [1.82, 2.24) is 15.1 Å². The fourth-order valence-electron chi connectivity index (χ4n) is 9.31. The lowest BCUT2D eigenvalue weighted by molar-refractivity contribution is -0.0725. The minimum absolute atomic E-state index is 0.00981. The number of nitriles is 1. The van der Waals surface area contributed by atoms with Gasteiger partial charge in [0.25, 0.3) is 5.91 Å². The largest absolute Gasteiger partial charge is 0.504 e. The van der Waals surface area contributed by atoms with E-state index in [2.05, 4.69) is 21.2 Å². The molecule has 3 N–H and O–H groups in total. The van der Waals surface area contributed by atoms with Gasteiger partial charge in [0.05, 0.1) is 52.3 Å². The van der Waals surface area contributed by atoms with Gasteiger partial charge in [-0.25, -0.2) is 0 Å². The number of amides is 1. The predicted molar refractivity (Wildman–Crippen MR) is 194 cm³/mol. The number of nitrogens with one attached hydrogen (secondary N) is 1. The Morgan fingerprint density at radius 1 is 0.923 bits per heavy atom. The number of aromatic hydroxyl groups is 2. The van der Waals surface area contributed by atoms with Crippen molar-refractivity contribution in [3.8, 4) is 40.6 Å². The molecule has 0 aliphatic carbocycles. The summed E-state index contributed by atoms with van der Waals surface area (Å²) in [6, 6.07) is 7.48. The molecule has 13 heteroatoms. The van der Waals surface area contributed by atoms with Crippen LogP contribution in [0.4, 0.5) is 5.69 Å². The van der Waals surface area contributed by atoms with E-state index in [0.29, 0.717) is 63.6 Å². The number of rotatable bonds is 8. The second kappa shape index (κ2) is 13.0. The summed E-state index contributed by atoms with van der Waals surface area (Å²) in [6.45, 7) is 3.69. The third-order valence-electron chi connectivity index (χ3n) is 11.3. The van der Waals surface area contributed by atoms with Gasteiger partial charge in [-0.3, -0.25) is 14.6 Å². The molecule has 3 aliphatic rings. The minimum Gasteiger partial charge on any atom is -0.504 e. The summed E-state index contributed by atoms with van der Waals surface area (Å²) >= 11 is 0. The van der Waals surface area contributed by atoms with E-state index in [1.165, 1.54) is 14.2 Å². The zero-order valence-corrected chi connectivity index (χ0v) is 31.0. The first kappa shape index (κ1) is 35.1. The van der Waals surface area contributed by atoms with E-state index in [1.807, 2.05) is 64.2 Å². The van der Waals surface area contributed by atoms with Crippen molar-refractivity contribution >= 4 is 22.6 Å². The molecule has 3 aliphatic heterocycles. The predicted octanol–water partition coefficient (Wildman–Crippen LogP) is 4.76. The SMILES string of the molecule is COc1c(C)c(OC)c2c(c1O)[C@@H]1[C@@H]3Cc4c(OC)c(C)c(OC)c(O)c4[C@H](CNC(=O)c4oc5ccccc5c4N(C)C)N3[C@@H](C#N)[C@H](C2)N1C. The number of likely N-dealkylation sites (N-methyl/N-ethyl adjacent to an activating group) is 1. The van der Waals surface area contributed by atoms with Gasteiger partial charge in [0, 0.05) is 71.5 Å². The van der Waals surface area contributed by atoms with Crippen molar-refractivity contribution in [2.24, 2.45) is 0 Å².